The molecule has 25 heavy (non-hydrogen) atoms. The summed E-state index contributed by atoms with van der Waals surface area (Å²) >= 11 is 0. The molecule has 0 radical (unpaired) electrons. The van der Waals surface area contributed by atoms with E-state index in [9.17, 15) is 4.79 Å². The molecule has 1 amide bonds. The standard InChI is InChI=1S/C20H20N4O/c1-2-14-5-3-8-17(11-14)23-19(25)13-22-20(21)24-18-10-9-15-6-4-7-16(15)12-18/h1,3,5,8-12H,4,6-7,13H2,(H,23,25)(H3,21,22,24). The van der Waals surface area contributed by atoms with Crippen LogP contribution in [0.1, 0.15) is 23.1 Å². The van der Waals surface area contributed by atoms with E-state index in [0.717, 1.165) is 18.5 Å². The molecule has 126 valence electrons. The van der Waals surface area contributed by atoms with E-state index in [1.54, 1.807) is 24.3 Å². The van der Waals surface area contributed by atoms with Gasteiger partial charge < -0.3 is 16.4 Å². The number of nitrogens with two attached hydrogens (primary N) is 1. The fraction of sp³-hybridized carbons (Fsp3) is 0.200. The van der Waals surface area contributed by atoms with Crippen molar-refractivity contribution in [2.45, 2.75) is 19.3 Å². The van der Waals surface area contributed by atoms with Gasteiger partial charge in [-0.25, -0.2) is 4.99 Å². The third-order valence-electron chi connectivity index (χ3n) is 4.08. The molecular weight excluding hydrogens is 312 g/mol. The zero-order valence-electron chi connectivity index (χ0n) is 13.9. The third kappa shape index (κ3) is 4.39. The quantitative estimate of drug-likeness (QED) is 0.457. The van der Waals surface area contributed by atoms with Crippen molar-refractivity contribution in [3.05, 3.63) is 59.2 Å². The molecule has 3 rings (SSSR count). The molecule has 1 aliphatic carbocycles. The van der Waals surface area contributed by atoms with Crippen molar-refractivity contribution >= 4 is 23.2 Å². The number of amides is 1. The van der Waals surface area contributed by atoms with E-state index in [1.165, 1.54) is 17.5 Å². The van der Waals surface area contributed by atoms with E-state index in [0.29, 0.717) is 11.3 Å². The molecule has 0 saturated carbocycles. The predicted molar refractivity (Wildman–Crippen MR) is 102 cm³/mol. The number of terminal acetylenes is 1. The molecule has 0 fully saturated rings. The second-order valence-corrected chi connectivity index (χ2v) is 5.94. The predicted octanol–water partition coefficient (Wildman–Crippen LogP) is 2.52. The maximum absolute atomic E-state index is 12.0. The number of hydrogen-bond donors (Lipinski definition) is 3. The molecular formula is C20H20N4O. The molecule has 2 aromatic rings. The van der Waals surface area contributed by atoms with E-state index >= 15 is 0 Å². The number of fused-ring (bicyclic) bond motifs is 1. The van der Waals surface area contributed by atoms with Gasteiger partial charge in [-0.2, -0.15) is 0 Å². The SMILES string of the molecule is C#Cc1cccc(NC(=O)CN=C(N)Nc2ccc3c(c2)CCC3)c1. The van der Waals surface area contributed by atoms with Crippen LogP contribution in [0.2, 0.25) is 0 Å². The molecule has 0 saturated heterocycles. The maximum Gasteiger partial charge on any atom is 0.246 e. The number of aliphatic imine (C=N–C) groups is 1. The van der Waals surface area contributed by atoms with Gasteiger partial charge in [0.1, 0.15) is 6.54 Å². The summed E-state index contributed by atoms with van der Waals surface area (Å²) in [6.07, 6.45) is 8.78. The van der Waals surface area contributed by atoms with E-state index in [4.69, 9.17) is 12.2 Å². The fourth-order valence-corrected chi connectivity index (χ4v) is 2.88. The summed E-state index contributed by atoms with van der Waals surface area (Å²) in [4.78, 5) is 16.1. The van der Waals surface area contributed by atoms with Gasteiger partial charge in [0, 0.05) is 16.9 Å². The molecule has 0 bridgehead atoms. The maximum atomic E-state index is 12.0. The number of nitrogens with one attached hydrogen (secondary N) is 2. The minimum Gasteiger partial charge on any atom is -0.370 e. The molecule has 4 N–H and O–H groups in total. The largest absolute Gasteiger partial charge is 0.370 e. The lowest BCUT2D eigenvalue weighted by Crippen LogP contribution is -2.25. The fourth-order valence-electron chi connectivity index (χ4n) is 2.88. The number of nitrogens with zero attached hydrogens (tertiary/aromatic N) is 1. The van der Waals surface area contributed by atoms with Crippen LogP contribution in [0.5, 0.6) is 0 Å². The Morgan fingerprint density at radius 3 is 2.76 bits per heavy atom. The number of rotatable bonds is 4. The van der Waals surface area contributed by atoms with Gasteiger partial charge in [0.25, 0.3) is 0 Å². The van der Waals surface area contributed by atoms with Crippen molar-refractivity contribution in [1.29, 1.82) is 0 Å². The highest BCUT2D eigenvalue weighted by Gasteiger charge is 2.11. The number of hydrogen-bond acceptors (Lipinski definition) is 2. The van der Waals surface area contributed by atoms with E-state index in [2.05, 4.69) is 33.7 Å². The molecule has 0 atom stereocenters. The summed E-state index contributed by atoms with van der Waals surface area (Å²) in [6, 6.07) is 13.3. The Morgan fingerprint density at radius 2 is 1.92 bits per heavy atom. The van der Waals surface area contributed by atoms with Crippen molar-refractivity contribution in [1.82, 2.24) is 0 Å². The van der Waals surface area contributed by atoms with Gasteiger partial charge in [0.15, 0.2) is 5.96 Å². The van der Waals surface area contributed by atoms with Crippen LogP contribution in [0, 0.1) is 12.3 Å². The van der Waals surface area contributed by atoms with E-state index in [1.807, 2.05) is 6.07 Å². The summed E-state index contributed by atoms with van der Waals surface area (Å²) in [5, 5.41) is 5.78. The van der Waals surface area contributed by atoms with Crippen molar-refractivity contribution in [3.8, 4) is 12.3 Å². The van der Waals surface area contributed by atoms with Gasteiger partial charge in [0.2, 0.25) is 5.91 Å². The lowest BCUT2D eigenvalue weighted by molar-refractivity contribution is -0.114. The molecule has 0 spiro atoms. The van der Waals surface area contributed by atoms with Crippen molar-refractivity contribution in [2.24, 2.45) is 10.7 Å². The van der Waals surface area contributed by atoms with Crippen LogP contribution in [-0.4, -0.2) is 18.4 Å². The van der Waals surface area contributed by atoms with Gasteiger partial charge >= 0.3 is 0 Å². The highest BCUT2D eigenvalue weighted by atomic mass is 16.1. The summed E-state index contributed by atoms with van der Waals surface area (Å²) in [5.41, 5.74) is 10.9. The minimum atomic E-state index is -0.257. The highest BCUT2D eigenvalue weighted by molar-refractivity contribution is 5.97. The van der Waals surface area contributed by atoms with Crippen LogP contribution in [0.3, 0.4) is 0 Å². The monoisotopic (exact) mass is 332 g/mol. The highest BCUT2D eigenvalue weighted by Crippen LogP contribution is 2.24. The first-order chi connectivity index (χ1) is 12.1. The number of carbonyl (C=O) groups excluding carboxylic acids is 1. The Labute approximate surface area is 147 Å². The second-order valence-electron chi connectivity index (χ2n) is 5.94. The van der Waals surface area contributed by atoms with Gasteiger partial charge in [-0.15, -0.1) is 6.42 Å². The van der Waals surface area contributed by atoms with E-state index < -0.39 is 0 Å². The smallest absolute Gasteiger partial charge is 0.246 e. The molecule has 2 aromatic carbocycles. The summed E-state index contributed by atoms with van der Waals surface area (Å²) in [7, 11) is 0. The zero-order chi connectivity index (χ0) is 17.6. The van der Waals surface area contributed by atoms with E-state index in [-0.39, 0.29) is 18.4 Å². The Hall–Kier alpha value is -3.26. The molecule has 0 aliphatic heterocycles. The molecule has 1 aliphatic rings. The Bertz CT molecular complexity index is 864. The zero-order valence-corrected chi connectivity index (χ0v) is 13.9. The number of anilines is 2. The van der Waals surface area contributed by atoms with Crippen LogP contribution in [0.15, 0.2) is 47.5 Å². The van der Waals surface area contributed by atoms with Crippen molar-refractivity contribution in [3.63, 3.8) is 0 Å². The number of benzene rings is 2. The van der Waals surface area contributed by atoms with Crippen LogP contribution in [0.4, 0.5) is 11.4 Å². The summed E-state index contributed by atoms with van der Waals surface area (Å²) in [6.45, 7) is -0.0654. The average Bonchev–Trinajstić information content (AvgIpc) is 3.08. The molecule has 0 heterocycles. The number of guanidine groups is 1. The molecule has 0 aromatic heterocycles. The van der Waals surface area contributed by atoms with Gasteiger partial charge in [-0.1, -0.05) is 18.1 Å². The minimum absolute atomic E-state index is 0.0654. The van der Waals surface area contributed by atoms with Crippen molar-refractivity contribution < 1.29 is 4.79 Å². The lowest BCUT2D eigenvalue weighted by atomic mass is 10.1. The number of carbonyl (C=O) groups is 1. The molecule has 5 heteroatoms. The van der Waals surface area contributed by atoms with Gasteiger partial charge in [0.05, 0.1) is 0 Å². The first kappa shape index (κ1) is 16.6. The van der Waals surface area contributed by atoms with Crippen LogP contribution in [0.25, 0.3) is 0 Å². The Morgan fingerprint density at radius 1 is 1.12 bits per heavy atom. The summed E-state index contributed by atoms with van der Waals surface area (Å²) < 4.78 is 0. The third-order valence-corrected chi connectivity index (χ3v) is 4.08. The van der Waals surface area contributed by atoms with Gasteiger partial charge in [-0.05, 0) is 60.7 Å². The van der Waals surface area contributed by atoms with Crippen molar-refractivity contribution in [2.75, 3.05) is 17.2 Å². The van der Waals surface area contributed by atoms with Crippen LogP contribution < -0.4 is 16.4 Å². The lowest BCUT2D eigenvalue weighted by Gasteiger charge is -2.08. The normalized spacial score (nSPS) is 13.0. The number of aryl methyl sites for hydroxylation is 2. The summed E-state index contributed by atoms with van der Waals surface area (Å²) in [5.74, 6) is 2.48. The van der Waals surface area contributed by atoms with Crippen LogP contribution in [-0.2, 0) is 17.6 Å². The van der Waals surface area contributed by atoms with Crippen LogP contribution >= 0.6 is 0 Å². The molecule has 5 nitrogen and oxygen atoms in total. The Kier molecular flexibility index (Phi) is 5.00. The first-order valence-corrected chi connectivity index (χ1v) is 8.19. The molecule has 0 unspecified atom stereocenters. The van der Waals surface area contributed by atoms with Gasteiger partial charge in [-0.3, -0.25) is 4.79 Å². The average molecular weight is 332 g/mol. The first-order valence-electron chi connectivity index (χ1n) is 8.19. The second kappa shape index (κ2) is 7.54. The topological polar surface area (TPSA) is 79.5 Å². The Balaban J connectivity index is 1.55.